The van der Waals surface area contributed by atoms with Crippen molar-refractivity contribution >= 4 is 6.21 Å². The van der Waals surface area contributed by atoms with Gasteiger partial charge in [0.15, 0.2) is 0 Å². The van der Waals surface area contributed by atoms with Crippen LogP contribution in [-0.4, -0.2) is 6.21 Å². The molecule has 0 aliphatic heterocycles. The molecule has 2 nitrogen and oxygen atoms in total. The highest BCUT2D eigenvalue weighted by atomic mass is 14.9. The second kappa shape index (κ2) is 6.80. The van der Waals surface area contributed by atoms with Crippen molar-refractivity contribution in [1.29, 1.82) is 0 Å². The third-order valence-corrected chi connectivity index (χ3v) is 2.61. The summed E-state index contributed by atoms with van der Waals surface area (Å²) in [7, 11) is 0. The van der Waals surface area contributed by atoms with Crippen molar-refractivity contribution in [2.75, 3.05) is 0 Å². The van der Waals surface area contributed by atoms with Crippen LogP contribution in [0.25, 0.3) is 0 Å². The van der Waals surface area contributed by atoms with E-state index in [1.807, 2.05) is 20.8 Å². The summed E-state index contributed by atoms with van der Waals surface area (Å²) in [5.74, 6) is 0. The maximum absolute atomic E-state index is 4.35. The van der Waals surface area contributed by atoms with Gasteiger partial charge in [0.05, 0.1) is 11.4 Å². The quantitative estimate of drug-likeness (QED) is 0.613. The van der Waals surface area contributed by atoms with Crippen molar-refractivity contribution < 1.29 is 0 Å². The SMILES string of the molecule is C=C(NCc1cccc(C)c1)C(/N=C\C)=C(C)C. The van der Waals surface area contributed by atoms with E-state index in [2.05, 4.69) is 48.1 Å². The number of aliphatic imine (C=N–C) groups is 1. The third-order valence-electron chi connectivity index (χ3n) is 2.61. The molecule has 0 spiro atoms. The first kappa shape index (κ1) is 14.2. The lowest BCUT2D eigenvalue weighted by Gasteiger charge is -2.12. The molecular weight excluding hydrogens is 220 g/mol. The molecule has 0 aromatic heterocycles. The fourth-order valence-corrected chi connectivity index (χ4v) is 1.75. The summed E-state index contributed by atoms with van der Waals surface area (Å²) in [6.45, 7) is 12.9. The van der Waals surface area contributed by atoms with E-state index in [-0.39, 0.29) is 0 Å². The summed E-state index contributed by atoms with van der Waals surface area (Å²) in [4.78, 5) is 4.35. The molecule has 1 rings (SSSR count). The zero-order valence-corrected chi connectivity index (χ0v) is 11.7. The molecule has 0 amide bonds. The first-order chi connectivity index (χ1) is 8.54. The van der Waals surface area contributed by atoms with Crippen LogP contribution < -0.4 is 5.32 Å². The fraction of sp³-hybridized carbons (Fsp3) is 0.312. The Morgan fingerprint density at radius 1 is 1.39 bits per heavy atom. The minimum atomic E-state index is 0.774. The van der Waals surface area contributed by atoms with Crippen LogP contribution in [0.2, 0.25) is 0 Å². The molecule has 18 heavy (non-hydrogen) atoms. The van der Waals surface area contributed by atoms with E-state index < -0.39 is 0 Å². The molecule has 96 valence electrons. The lowest BCUT2D eigenvalue weighted by Crippen LogP contribution is -2.13. The van der Waals surface area contributed by atoms with Crippen molar-refractivity contribution in [3.63, 3.8) is 0 Å². The Labute approximate surface area is 110 Å². The maximum atomic E-state index is 4.35. The van der Waals surface area contributed by atoms with Gasteiger partial charge in [0.25, 0.3) is 0 Å². The molecule has 0 radical (unpaired) electrons. The van der Waals surface area contributed by atoms with E-state index in [1.54, 1.807) is 6.21 Å². The van der Waals surface area contributed by atoms with Gasteiger partial charge in [-0.3, -0.25) is 4.99 Å². The largest absolute Gasteiger partial charge is 0.380 e. The highest BCUT2D eigenvalue weighted by Crippen LogP contribution is 2.13. The monoisotopic (exact) mass is 242 g/mol. The number of rotatable bonds is 5. The van der Waals surface area contributed by atoms with Gasteiger partial charge in [-0.05, 0) is 38.8 Å². The van der Waals surface area contributed by atoms with E-state index in [1.165, 1.54) is 11.1 Å². The molecule has 0 aliphatic carbocycles. The Balaban J connectivity index is 2.69. The summed E-state index contributed by atoms with van der Waals surface area (Å²) < 4.78 is 0. The number of benzene rings is 1. The van der Waals surface area contributed by atoms with Crippen LogP contribution in [0, 0.1) is 6.92 Å². The molecule has 0 unspecified atom stereocenters. The van der Waals surface area contributed by atoms with E-state index >= 15 is 0 Å². The summed E-state index contributed by atoms with van der Waals surface area (Å²) in [6.07, 6.45) is 1.79. The minimum absolute atomic E-state index is 0.774. The highest BCUT2D eigenvalue weighted by molar-refractivity contribution is 5.57. The molecule has 0 aliphatic rings. The van der Waals surface area contributed by atoms with Crippen molar-refractivity contribution in [1.82, 2.24) is 5.32 Å². The molecule has 1 aromatic rings. The Hall–Kier alpha value is -1.83. The summed E-state index contributed by atoms with van der Waals surface area (Å²) in [6, 6.07) is 8.45. The number of nitrogens with zero attached hydrogens (tertiary/aromatic N) is 1. The predicted octanol–water partition coefficient (Wildman–Crippen LogP) is 3.98. The molecule has 1 aromatic carbocycles. The molecule has 1 N–H and O–H groups in total. The lowest BCUT2D eigenvalue weighted by molar-refractivity contribution is 0.815. The predicted molar refractivity (Wildman–Crippen MR) is 79.7 cm³/mol. The Morgan fingerprint density at radius 3 is 2.67 bits per heavy atom. The number of nitrogens with one attached hydrogen (secondary N) is 1. The summed E-state index contributed by atoms with van der Waals surface area (Å²) in [5, 5.41) is 3.33. The van der Waals surface area contributed by atoms with Crippen LogP contribution in [0.5, 0.6) is 0 Å². The van der Waals surface area contributed by atoms with Crippen LogP contribution in [0.4, 0.5) is 0 Å². The second-order valence-corrected chi connectivity index (χ2v) is 4.56. The molecule has 0 heterocycles. The standard InChI is InChI=1S/C16H22N2/c1-6-17-16(12(2)3)14(5)18-11-15-9-7-8-13(4)10-15/h6-10,18H,5,11H2,1-4H3/b17-6-. The van der Waals surface area contributed by atoms with Gasteiger partial charge in [0, 0.05) is 12.8 Å². The number of allylic oxidation sites excluding steroid dienone is 1. The molecule has 0 saturated carbocycles. The van der Waals surface area contributed by atoms with E-state index in [0.29, 0.717) is 0 Å². The maximum Gasteiger partial charge on any atom is 0.0837 e. The van der Waals surface area contributed by atoms with Crippen LogP contribution in [0.1, 0.15) is 31.9 Å². The van der Waals surface area contributed by atoms with Gasteiger partial charge in [-0.1, -0.05) is 36.4 Å². The first-order valence-corrected chi connectivity index (χ1v) is 6.19. The fourth-order valence-electron chi connectivity index (χ4n) is 1.75. The van der Waals surface area contributed by atoms with E-state index in [9.17, 15) is 0 Å². The zero-order valence-electron chi connectivity index (χ0n) is 11.7. The highest BCUT2D eigenvalue weighted by Gasteiger charge is 2.02. The van der Waals surface area contributed by atoms with Crippen LogP contribution >= 0.6 is 0 Å². The van der Waals surface area contributed by atoms with Crippen molar-refractivity contribution in [3.8, 4) is 0 Å². The normalized spacial score (nSPS) is 10.4. The number of hydrogen-bond acceptors (Lipinski definition) is 2. The van der Waals surface area contributed by atoms with Gasteiger partial charge in [-0.25, -0.2) is 0 Å². The molecule has 0 atom stereocenters. The van der Waals surface area contributed by atoms with E-state index in [4.69, 9.17) is 0 Å². The van der Waals surface area contributed by atoms with Gasteiger partial charge >= 0.3 is 0 Å². The molecule has 0 saturated heterocycles. The molecule has 0 bridgehead atoms. The molecule has 0 fully saturated rings. The Kier molecular flexibility index (Phi) is 5.37. The Morgan fingerprint density at radius 2 is 2.11 bits per heavy atom. The van der Waals surface area contributed by atoms with Crippen LogP contribution in [-0.2, 0) is 6.54 Å². The van der Waals surface area contributed by atoms with Crippen molar-refractivity contribution in [3.05, 3.63) is 58.9 Å². The van der Waals surface area contributed by atoms with Gasteiger partial charge in [-0.2, -0.15) is 0 Å². The zero-order chi connectivity index (χ0) is 13.5. The first-order valence-electron chi connectivity index (χ1n) is 6.19. The summed E-state index contributed by atoms with van der Waals surface area (Å²) in [5.41, 5.74) is 5.49. The minimum Gasteiger partial charge on any atom is -0.380 e. The average Bonchev–Trinajstić information content (AvgIpc) is 2.32. The summed E-state index contributed by atoms with van der Waals surface area (Å²) >= 11 is 0. The van der Waals surface area contributed by atoms with E-state index in [0.717, 1.165) is 23.5 Å². The smallest absolute Gasteiger partial charge is 0.0837 e. The van der Waals surface area contributed by atoms with Gasteiger partial charge in [0.2, 0.25) is 0 Å². The van der Waals surface area contributed by atoms with Gasteiger partial charge < -0.3 is 5.32 Å². The van der Waals surface area contributed by atoms with Crippen LogP contribution in [0.15, 0.2) is 52.8 Å². The topological polar surface area (TPSA) is 24.4 Å². The van der Waals surface area contributed by atoms with Crippen LogP contribution in [0.3, 0.4) is 0 Å². The van der Waals surface area contributed by atoms with Crippen molar-refractivity contribution in [2.24, 2.45) is 4.99 Å². The third kappa shape index (κ3) is 4.21. The van der Waals surface area contributed by atoms with Crippen molar-refractivity contribution in [2.45, 2.75) is 34.2 Å². The molecule has 2 heteroatoms. The Bertz CT molecular complexity index is 478. The average molecular weight is 242 g/mol. The molecular formula is C16H22N2. The second-order valence-electron chi connectivity index (χ2n) is 4.56. The van der Waals surface area contributed by atoms with Gasteiger partial charge in [-0.15, -0.1) is 0 Å². The number of hydrogen-bond donors (Lipinski definition) is 1. The number of aryl methyl sites for hydroxylation is 1. The van der Waals surface area contributed by atoms with Gasteiger partial charge in [0.1, 0.15) is 0 Å². The lowest BCUT2D eigenvalue weighted by atomic mass is 10.1.